The van der Waals surface area contributed by atoms with E-state index in [2.05, 4.69) is 5.32 Å². The first-order valence-electron chi connectivity index (χ1n) is 7.46. The number of hydrogen-bond acceptors (Lipinski definition) is 2. The van der Waals surface area contributed by atoms with E-state index >= 15 is 0 Å². The van der Waals surface area contributed by atoms with Gasteiger partial charge in [-0.15, -0.1) is 0 Å². The second-order valence-electron chi connectivity index (χ2n) is 5.56. The summed E-state index contributed by atoms with van der Waals surface area (Å²) in [7, 11) is 1.81. The van der Waals surface area contributed by atoms with Crippen molar-refractivity contribution >= 4 is 11.8 Å². The number of halogens is 3. The van der Waals surface area contributed by atoms with Crippen LogP contribution in [0.5, 0.6) is 0 Å². The fourth-order valence-electron chi connectivity index (χ4n) is 2.74. The molecule has 0 amide bonds. The van der Waals surface area contributed by atoms with E-state index in [9.17, 15) is 13.2 Å². The minimum Gasteiger partial charge on any atom is -0.312 e. The lowest BCUT2D eigenvalue weighted by atomic mass is 10.0. The molecule has 1 aromatic rings. The Labute approximate surface area is 128 Å². The molecule has 1 aliphatic rings. The van der Waals surface area contributed by atoms with E-state index in [1.165, 1.54) is 44.2 Å². The van der Waals surface area contributed by atoms with Gasteiger partial charge in [0.2, 0.25) is 0 Å². The molecule has 2 rings (SSSR count). The van der Waals surface area contributed by atoms with E-state index in [0.717, 1.165) is 17.4 Å². The van der Waals surface area contributed by atoms with E-state index in [4.69, 9.17) is 0 Å². The summed E-state index contributed by atoms with van der Waals surface area (Å²) in [6.45, 7) is 0. The lowest BCUT2D eigenvalue weighted by Gasteiger charge is -2.24. The van der Waals surface area contributed by atoms with Crippen LogP contribution in [0.1, 0.15) is 49.3 Å². The maximum Gasteiger partial charge on any atom is 0.416 e. The molecule has 1 aromatic carbocycles. The zero-order valence-corrected chi connectivity index (χ0v) is 13.1. The van der Waals surface area contributed by atoms with Crippen LogP contribution in [0, 0.1) is 0 Å². The third-order valence-electron chi connectivity index (χ3n) is 4.02. The van der Waals surface area contributed by atoms with Gasteiger partial charge in [-0.25, -0.2) is 0 Å². The minimum absolute atomic E-state index is 0.0285. The summed E-state index contributed by atoms with van der Waals surface area (Å²) in [4.78, 5) is 0. The molecular formula is C16H22F3NS. The molecule has 1 unspecified atom stereocenters. The van der Waals surface area contributed by atoms with Crippen LogP contribution in [-0.2, 0) is 6.18 Å². The third kappa shape index (κ3) is 4.92. The van der Waals surface area contributed by atoms with Gasteiger partial charge in [0.15, 0.2) is 0 Å². The molecule has 0 spiro atoms. The van der Waals surface area contributed by atoms with E-state index in [1.807, 2.05) is 18.8 Å². The van der Waals surface area contributed by atoms with Crippen molar-refractivity contribution in [3.8, 4) is 0 Å². The van der Waals surface area contributed by atoms with Crippen molar-refractivity contribution in [1.82, 2.24) is 5.32 Å². The second-order valence-corrected chi connectivity index (χ2v) is 6.89. The van der Waals surface area contributed by atoms with Crippen molar-refractivity contribution in [1.29, 1.82) is 0 Å². The first-order valence-corrected chi connectivity index (χ1v) is 8.51. The Morgan fingerprint density at radius 1 is 1.24 bits per heavy atom. The van der Waals surface area contributed by atoms with Gasteiger partial charge in [-0.3, -0.25) is 0 Å². The molecule has 21 heavy (non-hydrogen) atoms. The van der Waals surface area contributed by atoms with Crippen LogP contribution >= 0.6 is 11.8 Å². The van der Waals surface area contributed by atoms with Gasteiger partial charge in [-0.1, -0.05) is 31.4 Å². The summed E-state index contributed by atoms with van der Waals surface area (Å²) in [6.07, 6.45) is 2.09. The summed E-state index contributed by atoms with van der Waals surface area (Å²) in [5.74, 6) is 0.822. The largest absolute Gasteiger partial charge is 0.416 e. The molecule has 0 aromatic heterocycles. The zero-order valence-electron chi connectivity index (χ0n) is 12.2. The van der Waals surface area contributed by atoms with Gasteiger partial charge < -0.3 is 5.32 Å². The third-order valence-corrected chi connectivity index (χ3v) is 5.48. The van der Waals surface area contributed by atoms with Crippen molar-refractivity contribution < 1.29 is 13.2 Å². The Kier molecular flexibility index (Phi) is 5.99. The fraction of sp³-hybridized carbons (Fsp3) is 0.625. The normalized spacial score (nSPS) is 18.7. The monoisotopic (exact) mass is 317 g/mol. The van der Waals surface area contributed by atoms with Gasteiger partial charge in [0, 0.05) is 17.0 Å². The van der Waals surface area contributed by atoms with E-state index in [1.54, 1.807) is 6.07 Å². The lowest BCUT2D eigenvalue weighted by Crippen LogP contribution is -2.21. The van der Waals surface area contributed by atoms with Crippen LogP contribution in [0.3, 0.4) is 0 Å². The van der Waals surface area contributed by atoms with E-state index < -0.39 is 11.7 Å². The van der Waals surface area contributed by atoms with Gasteiger partial charge in [0.05, 0.1) is 5.56 Å². The summed E-state index contributed by atoms with van der Waals surface area (Å²) < 4.78 is 38.4. The molecule has 0 heterocycles. The van der Waals surface area contributed by atoms with Crippen LogP contribution in [0.25, 0.3) is 0 Å². The first-order chi connectivity index (χ1) is 10.0. The minimum atomic E-state index is -4.27. The quantitative estimate of drug-likeness (QED) is 0.817. The number of thioether (sulfide) groups is 1. The molecular weight excluding hydrogens is 295 g/mol. The molecule has 1 fully saturated rings. The molecule has 1 atom stereocenters. The maximum atomic E-state index is 12.8. The van der Waals surface area contributed by atoms with Crippen molar-refractivity contribution in [2.24, 2.45) is 0 Å². The number of benzene rings is 1. The average molecular weight is 317 g/mol. The SMILES string of the molecule is CNC(CSC1CCCCC1)c1cccc(C(F)(F)F)c1. The average Bonchev–Trinajstić information content (AvgIpc) is 2.48. The van der Waals surface area contributed by atoms with Crippen LogP contribution in [0.2, 0.25) is 0 Å². The Hall–Kier alpha value is -0.680. The second kappa shape index (κ2) is 7.54. The summed E-state index contributed by atoms with van der Waals surface area (Å²) in [5, 5.41) is 3.82. The smallest absolute Gasteiger partial charge is 0.312 e. The first kappa shape index (κ1) is 16.7. The maximum absolute atomic E-state index is 12.8. The van der Waals surface area contributed by atoms with Crippen molar-refractivity contribution in [2.75, 3.05) is 12.8 Å². The lowest BCUT2D eigenvalue weighted by molar-refractivity contribution is -0.137. The molecule has 1 aliphatic carbocycles. The summed E-state index contributed by atoms with van der Waals surface area (Å²) in [6, 6.07) is 5.64. The highest BCUT2D eigenvalue weighted by Gasteiger charge is 2.31. The standard InChI is InChI=1S/C16H22F3NS/c1-20-15(11-21-14-8-3-2-4-9-14)12-6-5-7-13(10-12)16(17,18)19/h5-7,10,14-15,20H,2-4,8-9,11H2,1H3. The van der Waals surface area contributed by atoms with Crippen LogP contribution in [0.4, 0.5) is 13.2 Å². The molecule has 0 aliphatic heterocycles. The highest BCUT2D eigenvalue weighted by molar-refractivity contribution is 7.99. The fourth-order valence-corrected chi connectivity index (χ4v) is 4.23. The molecule has 1 nitrogen and oxygen atoms in total. The summed E-state index contributed by atoms with van der Waals surface area (Å²) >= 11 is 1.89. The van der Waals surface area contributed by atoms with Gasteiger partial charge in [-0.2, -0.15) is 24.9 Å². The van der Waals surface area contributed by atoms with Crippen molar-refractivity contribution in [3.05, 3.63) is 35.4 Å². The highest BCUT2D eigenvalue weighted by Crippen LogP contribution is 2.33. The molecule has 118 valence electrons. The van der Waals surface area contributed by atoms with Crippen LogP contribution in [-0.4, -0.2) is 18.1 Å². The molecule has 5 heteroatoms. The Morgan fingerprint density at radius 2 is 1.95 bits per heavy atom. The number of nitrogens with one attached hydrogen (secondary N) is 1. The predicted molar refractivity (Wildman–Crippen MR) is 82.6 cm³/mol. The van der Waals surface area contributed by atoms with Crippen molar-refractivity contribution in [3.63, 3.8) is 0 Å². The molecule has 0 radical (unpaired) electrons. The van der Waals surface area contributed by atoms with Crippen molar-refractivity contribution in [2.45, 2.75) is 49.6 Å². The van der Waals surface area contributed by atoms with E-state index in [-0.39, 0.29) is 6.04 Å². The van der Waals surface area contributed by atoms with Crippen LogP contribution < -0.4 is 5.32 Å². The Balaban J connectivity index is 1.99. The predicted octanol–water partition coefficient (Wildman–Crippen LogP) is 5.03. The topological polar surface area (TPSA) is 12.0 Å². The van der Waals surface area contributed by atoms with Crippen LogP contribution in [0.15, 0.2) is 24.3 Å². The van der Waals surface area contributed by atoms with Gasteiger partial charge in [0.25, 0.3) is 0 Å². The van der Waals surface area contributed by atoms with Gasteiger partial charge in [-0.05, 0) is 37.6 Å². The zero-order chi connectivity index (χ0) is 15.3. The van der Waals surface area contributed by atoms with Gasteiger partial charge in [0.1, 0.15) is 0 Å². The Bertz CT molecular complexity index is 441. The molecule has 1 saturated carbocycles. The number of alkyl halides is 3. The number of hydrogen-bond donors (Lipinski definition) is 1. The van der Waals surface area contributed by atoms with Gasteiger partial charge >= 0.3 is 6.18 Å². The highest BCUT2D eigenvalue weighted by atomic mass is 32.2. The van der Waals surface area contributed by atoms with E-state index in [0.29, 0.717) is 5.25 Å². The Morgan fingerprint density at radius 3 is 2.57 bits per heavy atom. The number of rotatable bonds is 5. The molecule has 0 bridgehead atoms. The summed E-state index contributed by atoms with van der Waals surface area (Å²) in [5.41, 5.74) is 0.151. The molecule has 0 saturated heterocycles. The molecule has 1 N–H and O–H groups in total.